The van der Waals surface area contributed by atoms with Crippen LogP contribution in [0.15, 0.2) is 18.2 Å². The van der Waals surface area contributed by atoms with Gasteiger partial charge in [-0.25, -0.2) is 0 Å². The Hall–Kier alpha value is -1.91. The van der Waals surface area contributed by atoms with Gasteiger partial charge >= 0.3 is 0 Å². The van der Waals surface area contributed by atoms with E-state index in [1.165, 1.54) is 25.1 Å². The molecule has 5 heteroatoms. The maximum absolute atomic E-state index is 11.5. The van der Waals surface area contributed by atoms with Crippen molar-refractivity contribution in [2.45, 2.75) is 33.6 Å². The summed E-state index contributed by atoms with van der Waals surface area (Å²) in [6, 6.07) is 4.12. The third-order valence-electron chi connectivity index (χ3n) is 3.18. The van der Waals surface area contributed by atoms with Gasteiger partial charge in [0.1, 0.15) is 5.75 Å². The van der Waals surface area contributed by atoms with E-state index in [2.05, 4.69) is 13.8 Å². The molecule has 0 unspecified atom stereocenters. The number of ether oxygens (including phenoxy) is 1. The average molecular weight is 265 g/mol. The minimum atomic E-state index is -0.517. The van der Waals surface area contributed by atoms with Crippen molar-refractivity contribution in [3.63, 3.8) is 0 Å². The van der Waals surface area contributed by atoms with Gasteiger partial charge in [0.25, 0.3) is 5.69 Å². The largest absolute Gasteiger partial charge is 0.493 e. The molecule has 0 spiro atoms. The molecule has 0 saturated carbocycles. The lowest BCUT2D eigenvalue weighted by molar-refractivity contribution is -0.384. The Morgan fingerprint density at radius 3 is 2.47 bits per heavy atom. The third-order valence-corrected chi connectivity index (χ3v) is 3.18. The molecule has 5 nitrogen and oxygen atoms in total. The highest BCUT2D eigenvalue weighted by Gasteiger charge is 2.15. The Balaban J connectivity index is 2.94. The van der Waals surface area contributed by atoms with E-state index in [4.69, 9.17) is 4.74 Å². The van der Waals surface area contributed by atoms with Crippen LogP contribution in [-0.4, -0.2) is 17.3 Å². The summed E-state index contributed by atoms with van der Waals surface area (Å²) in [5.74, 6) is 0.614. The van der Waals surface area contributed by atoms with Crippen molar-refractivity contribution in [3.05, 3.63) is 33.9 Å². The smallest absolute Gasteiger partial charge is 0.270 e. The van der Waals surface area contributed by atoms with Crippen molar-refractivity contribution in [1.29, 1.82) is 0 Å². The second-order valence-electron chi connectivity index (χ2n) is 4.49. The highest BCUT2D eigenvalue weighted by atomic mass is 16.6. The van der Waals surface area contributed by atoms with E-state index in [0.717, 1.165) is 12.8 Å². The molecule has 0 saturated heterocycles. The number of nitro groups is 1. The van der Waals surface area contributed by atoms with Crippen molar-refractivity contribution < 1.29 is 14.5 Å². The molecule has 0 fully saturated rings. The number of ketones is 1. The van der Waals surface area contributed by atoms with Crippen LogP contribution >= 0.6 is 0 Å². The van der Waals surface area contributed by atoms with E-state index >= 15 is 0 Å². The fourth-order valence-corrected chi connectivity index (χ4v) is 1.76. The molecular weight excluding hydrogens is 246 g/mol. The summed E-state index contributed by atoms with van der Waals surface area (Å²) in [7, 11) is 0. The van der Waals surface area contributed by atoms with E-state index in [1.54, 1.807) is 0 Å². The van der Waals surface area contributed by atoms with Gasteiger partial charge < -0.3 is 4.74 Å². The lowest BCUT2D eigenvalue weighted by Gasteiger charge is -2.15. The second kappa shape index (κ2) is 6.87. The van der Waals surface area contributed by atoms with Gasteiger partial charge in [-0.1, -0.05) is 26.7 Å². The zero-order valence-electron chi connectivity index (χ0n) is 11.5. The average Bonchev–Trinajstić information content (AvgIpc) is 2.39. The van der Waals surface area contributed by atoms with Gasteiger partial charge in [0.2, 0.25) is 0 Å². The highest BCUT2D eigenvalue weighted by Crippen LogP contribution is 2.25. The van der Waals surface area contributed by atoms with Gasteiger partial charge in [-0.3, -0.25) is 14.9 Å². The van der Waals surface area contributed by atoms with Gasteiger partial charge in [-0.05, 0) is 18.9 Å². The normalized spacial score (nSPS) is 10.5. The van der Waals surface area contributed by atoms with Crippen LogP contribution < -0.4 is 4.74 Å². The van der Waals surface area contributed by atoms with Crippen LogP contribution in [0.3, 0.4) is 0 Å². The Morgan fingerprint density at radius 1 is 1.37 bits per heavy atom. The number of rotatable bonds is 7. The number of carbonyl (C=O) groups excluding carboxylic acids is 1. The summed E-state index contributed by atoms with van der Waals surface area (Å²) >= 11 is 0. The molecular formula is C14H19NO4. The van der Waals surface area contributed by atoms with Crippen molar-refractivity contribution in [2.75, 3.05) is 6.61 Å². The Bertz CT molecular complexity index is 467. The number of hydrogen-bond donors (Lipinski definition) is 0. The molecule has 0 radical (unpaired) electrons. The van der Waals surface area contributed by atoms with Gasteiger partial charge in [0, 0.05) is 12.1 Å². The zero-order chi connectivity index (χ0) is 14.4. The van der Waals surface area contributed by atoms with Crippen molar-refractivity contribution in [1.82, 2.24) is 0 Å². The fraction of sp³-hybridized carbons (Fsp3) is 0.500. The first-order valence-corrected chi connectivity index (χ1v) is 6.41. The van der Waals surface area contributed by atoms with Crippen LogP contribution in [0, 0.1) is 16.0 Å². The van der Waals surface area contributed by atoms with Crippen molar-refractivity contribution >= 4 is 11.5 Å². The standard InChI is InChI=1S/C14H19NO4/c1-4-11(5-2)9-19-14-7-6-12(15(17)18)8-13(14)10(3)16/h6-8,11H,4-5,9H2,1-3H3. The number of nitrogens with zero attached hydrogens (tertiary/aromatic N) is 1. The molecule has 0 heterocycles. The molecule has 0 aliphatic carbocycles. The molecule has 19 heavy (non-hydrogen) atoms. The van der Waals surface area contributed by atoms with Crippen LogP contribution in [0.4, 0.5) is 5.69 Å². The van der Waals surface area contributed by atoms with Gasteiger partial charge in [-0.2, -0.15) is 0 Å². The predicted molar refractivity (Wildman–Crippen MR) is 72.7 cm³/mol. The number of nitro benzene ring substituents is 1. The topological polar surface area (TPSA) is 69.4 Å². The Labute approximate surface area is 112 Å². The quantitative estimate of drug-likeness (QED) is 0.429. The number of non-ortho nitro benzene ring substituents is 1. The summed E-state index contributed by atoms with van der Waals surface area (Å²) in [4.78, 5) is 21.7. The van der Waals surface area contributed by atoms with Crippen LogP contribution in [0.5, 0.6) is 5.75 Å². The molecule has 0 aromatic heterocycles. The Morgan fingerprint density at radius 2 is 2.00 bits per heavy atom. The van der Waals surface area contributed by atoms with Crippen LogP contribution in [0.2, 0.25) is 0 Å². The monoisotopic (exact) mass is 265 g/mol. The van der Waals surface area contributed by atoms with Crippen LogP contribution in [0.25, 0.3) is 0 Å². The third kappa shape index (κ3) is 4.05. The lowest BCUT2D eigenvalue weighted by Crippen LogP contribution is -2.12. The van der Waals surface area contributed by atoms with Gasteiger partial charge in [0.15, 0.2) is 5.78 Å². The summed E-state index contributed by atoms with van der Waals surface area (Å²) < 4.78 is 5.63. The molecule has 0 N–H and O–H groups in total. The molecule has 1 rings (SSSR count). The number of benzene rings is 1. The molecule has 0 aliphatic heterocycles. The maximum atomic E-state index is 11.5. The molecule has 0 aliphatic rings. The number of hydrogen-bond acceptors (Lipinski definition) is 4. The minimum Gasteiger partial charge on any atom is -0.493 e. The lowest BCUT2D eigenvalue weighted by atomic mass is 10.1. The predicted octanol–water partition coefficient (Wildman–Crippen LogP) is 3.61. The van der Waals surface area contributed by atoms with E-state index in [9.17, 15) is 14.9 Å². The molecule has 0 atom stereocenters. The fourth-order valence-electron chi connectivity index (χ4n) is 1.76. The highest BCUT2D eigenvalue weighted by molar-refractivity contribution is 5.97. The Kier molecular flexibility index (Phi) is 5.48. The summed E-state index contributed by atoms with van der Waals surface area (Å²) in [5, 5.41) is 10.7. The maximum Gasteiger partial charge on any atom is 0.270 e. The zero-order valence-corrected chi connectivity index (χ0v) is 11.5. The molecule has 1 aromatic carbocycles. The first kappa shape index (κ1) is 15.1. The summed E-state index contributed by atoms with van der Waals surface area (Å²) in [6.45, 7) is 6.06. The first-order valence-electron chi connectivity index (χ1n) is 6.41. The van der Waals surface area contributed by atoms with Crippen molar-refractivity contribution in [2.24, 2.45) is 5.92 Å². The van der Waals surface area contributed by atoms with Crippen LogP contribution in [-0.2, 0) is 0 Å². The number of Topliss-reactive ketones (excluding diaryl/α,β-unsaturated/α-hetero) is 1. The minimum absolute atomic E-state index is 0.0971. The molecule has 0 bridgehead atoms. The van der Waals surface area contributed by atoms with E-state index in [1.807, 2.05) is 0 Å². The van der Waals surface area contributed by atoms with E-state index in [0.29, 0.717) is 18.3 Å². The first-order chi connectivity index (χ1) is 8.99. The van der Waals surface area contributed by atoms with Gasteiger partial charge in [-0.15, -0.1) is 0 Å². The molecule has 1 aromatic rings. The van der Waals surface area contributed by atoms with E-state index in [-0.39, 0.29) is 17.0 Å². The molecule has 0 amide bonds. The van der Waals surface area contributed by atoms with E-state index < -0.39 is 4.92 Å². The SMILES string of the molecule is CCC(CC)COc1ccc([N+](=O)[O-])cc1C(C)=O. The van der Waals surface area contributed by atoms with Gasteiger partial charge in [0.05, 0.1) is 17.1 Å². The summed E-state index contributed by atoms with van der Waals surface area (Å²) in [5.41, 5.74) is 0.167. The molecule has 104 valence electrons. The van der Waals surface area contributed by atoms with Crippen molar-refractivity contribution in [3.8, 4) is 5.75 Å². The summed E-state index contributed by atoms with van der Waals surface area (Å²) in [6.07, 6.45) is 2.00. The van der Waals surface area contributed by atoms with Crippen LogP contribution in [0.1, 0.15) is 44.0 Å². The second-order valence-corrected chi connectivity index (χ2v) is 4.49. The number of carbonyl (C=O) groups is 1.